The van der Waals surface area contributed by atoms with E-state index < -0.39 is 0 Å². The molecule has 2 rings (SSSR count). The normalized spacial score (nSPS) is 18.7. The molecule has 1 aromatic rings. The molecule has 0 aliphatic carbocycles. The second-order valence-corrected chi connectivity index (χ2v) is 5.54. The lowest BCUT2D eigenvalue weighted by molar-refractivity contribution is 0.0330. The van der Waals surface area contributed by atoms with Gasteiger partial charge in [0.05, 0.1) is 26.4 Å². The van der Waals surface area contributed by atoms with Gasteiger partial charge < -0.3 is 29.2 Å². The quantitative estimate of drug-likeness (QED) is 0.722. The number of hydrogen-bond donors (Lipinski definition) is 0. The molecule has 0 radical (unpaired) electrons. The van der Waals surface area contributed by atoms with Crippen molar-refractivity contribution < 1.29 is 29.2 Å². The summed E-state index contributed by atoms with van der Waals surface area (Å²) >= 11 is 0. The highest BCUT2D eigenvalue weighted by Gasteiger charge is 2.06. The zero-order valence-electron chi connectivity index (χ0n) is 14.6. The standard InChI is InChI=1S/C18H28O5.H2O/c1-16-5-6-17-18(15-16)23-14-12-21-10-9-19-7-3-2-4-8-20-11-13-22-17;/h5-6,15H,2-4,7-14H2,1H3;1H2. The summed E-state index contributed by atoms with van der Waals surface area (Å²) in [5, 5.41) is 0. The van der Waals surface area contributed by atoms with Gasteiger partial charge in [0.25, 0.3) is 0 Å². The molecule has 1 heterocycles. The van der Waals surface area contributed by atoms with Crippen molar-refractivity contribution in [3.05, 3.63) is 23.8 Å². The SMILES string of the molecule is Cc1ccc2c(c1)OCCOCCOCCCCCOCCO2.O. The summed E-state index contributed by atoms with van der Waals surface area (Å²) in [5.74, 6) is 1.51. The Morgan fingerprint density at radius 2 is 1.17 bits per heavy atom. The maximum atomic E-state index is 5.78. The molecule has 0 fully saturated rings. The predicted molar refractivity (Wildman–Crippen MR) is 92.1 cm³/mol. The molecule has 6 heteroatoms. The molecule has 2 N–H and O–H groups in total. The smallest absolute Gasteiger partial charge is 0.161 e. The molecule has 24 heavy (non-hydrogen) atoms. The van der Waals surface area contributed by atoms with E-state index in [1.165, 1.54) is 0 Å². The summed E-state index contributed by atoms with van der Waals surface area (Å²) in [5.41, 5.74) is 1.14. The first-order valence-corrected chi connectivity index (χ1v) is 8.46. The van der Waals surface area contributed by atoms with E-state index in [2.05, 4.69) is 0 Å². The fraction of sp³-hybridized carbons (Fsp3) is 0.667. The van der Waals surface area contributed by atoms with Crippen LogP contribution in [-0.2, 0) is 14.2 Å². The molecule has 1 aromatic carbocycles. The van der Waals surface area contributed by atoms with Crippen molar-refractivity contribution in [1.82, 2.24) is 0 Å². The minimum atomic E-state index is 0. The molecule has 1 aliphatic heterocycles. The molecular formula is C18H30O6. The lowest BCUT2D eigenvalue weighted by Crippen LogP contribution is -2.13. The first kappa shape index (κ1) is 20.7. The predicted octanol–water partition coefficient (Wildman–Crippen LogP) is 2.16. The monoisotopic (exact) mass is 342 g/mol. The number of fused-ring (bicyclic) bond motifs is 1. The van der Waals surface area contributed by atoms with Gasteiger partial charge in [-0.2, -0.15) is 0 Å². The third-order valence-electron chi connectivity index (χ3n) is 3.52. The highest BCUT2D eigenvalue weighted by molar-refractivity contribution is 5.42. The highest BCUT2D eigenvalue weighted by atomic mass is 16.6. The Labute approximate surface area is 144 Å². The van der Waals surface area contributed by atoms with Gasteiger partial charge in [0.1, 0.15) is 13.2 Å². The zero-order chi connectivity index (χ0) is 16.2. The minimum absolute atomic E-state index is 0. The Kier molecular flexibility index (Phi) is 11.2. The summed E-state index contributed by atoms with van der Waals surface area (Å²) in [6, 6.07) is 5.94. The summed E-state index contributed by atoms with van der Waals surface area (Å²) < 4.78 is 28.2. The summed E-state index contributed by atoms with van der Waals surface area (Å²) in [6.07, 6.45) is 3.24. The third kappa shape index (κ3) is 8.49. The van der Waals surface area contributed by atoms with Crippen molar-refractivity contribution in [2.45, 2.75) is 26.2 Å². The van der Waals surface area contributed by atoms with Gasteiger partial charge in [-0.25, -0.2) is 0 Å². The fourth-order valence-electron chi connectivity index (χ4n) is 2.28. The Hall–Kier alpha value is -1.34. The van der Waals surface area contributed by atoms with E-state index in [0.717, 1.165) is 49.5 Å². The summed E-state index contributed by atoms with van der Waals surface area (Å²) in [6.45, 7) is 6.98. The van der Waals surface area contributed by atoms with E-state index in [-0.39, 0.29) is 5.48 Å². The van der Waals surface area contributed by atoms with Crippen LogP contribution < -0.4 is 9.47 Å². The summed E-state index contributed by atoms with van der Waals surface area (Å²) in [7, 11) is 0. The maximum absolute atomic E-state index is 5.78. The molecule has 138 valence electrons. The van der Waals surface area contributed by atoms with Gasteiger partial charge in [-0.15, -0.1) is 0 Å². The molecule has 0 bridgehead atoms. The molecule has 0 spiro atoms. The molecule has 0 saturated heterocycles. The Morgan fingerprint density at radius 1 is 0.625 bits per heavy atom. The minimum Gasteiger partial charge on any atom is -0.487 e. The van der Waals surface area contributed by atoms with E-state index in [1.54, 1.807) is 0 Å². The van der Waals surface area contributed by atoms with Crippen molar-refractivity contribution in [3.63, 3.8) is 0 Å². The van der Waals surface area contributed by atoms with E-state index in [4.69, 9.17) is 23.7 Å². The molecule has 0 amide bonds. The molecule has 0 aromatic heterocycles. The topological polar surface area (TPSA) is 77.7 Å². The highest BCUT2D eigenvalue weighted by Crippen LogP contribution is 2.28. The van der Waals surface area contributed by atoms with Crippen LogP contribution in [0.15, 0.2) is 18.2 Å². The maximum Gasteiger partial charge on any atom is 0.161 e. The third-order valence-corrected chi connectivity index (χ3v) is 3.52. The van der Waals surface area contributed by atoms with Crippen LogP contribution in [0.5, 0.6) is 11.5 Å². The van der Waals surface area contributed by atoms with E-state index in [0.29, 0.717) is 39.6 Å². The average Bonchev–Trinajstić information content (AvgIpc) is 2.55. The Bertz CT molecular complexity index is 438. The number of rotatable bonds is 0. The van der Waals surface area contributed by atoms with Crippen LogP contribution in [0, 0.1) is 6.92 Å². The molecule has 0 unspecified atom stereocenters. The number of benzene rings is 1. The van der Waals surface area contributed by atoms with Crippen molar-refractivity contribution in [2.24, 2.45) is 0 Å². The van der Waals surface area contributed by atoms with Crippen LogP contribution in [0.25, 0.3) is 0 Å². The van der Waals surface area contributed by atoms with E-state index in [9.17, 15) is 0 Å². The first-order chi connectivity index (χ1) is 11.4. The van der Waals surface area contributed by atoms with Gasteiger partial charge in [-0.05, 0) is 43.9 Å². The largest absolute Gasteiger partial charge is 0.487 e. The zero-order valence-corrected chi connectivity index (χ0v) is 14.6. The second kappa shape index (κ2) is 13.0. The molecular weight excluding hydrogens is 312 g/mol. The molecule has 1 aliphatic rings. The van der Waals surface area contributed by atoms with Crippen molar-refractivity contribution in [2.75, 3.05) is 52.9 Å². The molecule has 0 saturated carbocycles. The van der Waals surface area contributed by atoms with Crippen LogP contribution in [0.2, 0.25) is 0 Å². The Morgan fingerprint density at radius 3 is 1.83 bits per heavy atom. The molecule has 0 atom stereocenters. The van der Waals surface area contributed by atoms with Crippen LogP contribution in [-0.4, -0.2) is 58.3 Å². The fourth-order valence-corrected chi connectivity index (χ4v) is 2.28. The lowest BCUT2D eigenvalue weighted by Gasteiger charge is -2.14. The van der Waals surface area contributed by atoms with Crippen LogP contribution in [0.4, 0.5) is 0 Å². The van der Waals surface area contributed by atoms with Gasteiger partial charge in [0.2, 0.25) is 0 Å². The van der Waals surface area contributed by atoms with Crippen molar-refractivity contribution in [1.29, 1.82) is 0 Å². The number of aryl methyl sites for hydroxylation is 1. The van der Waals surface area contributed by atoms with Crippen molar-refractivity contribution >= 4 is 0 Å². The number of hydrogen-bond acceptors (Lipinski definition) is 5. The van der Waals surface area contributed by atoms with E-state index in [1.807, 2.05) is 25.1 Å². The van der Waals surface area contributed by atoms with Gasteiger partial charge in [-0.1, -0.05) is 6.07 Å². The molecule has 6 nitrogen and oxygen atoms in total. The van der Waals surface area contributed by atoms with Crippen molar-refractivity contribution in [3.8, 4) is 11.5 Å². The van der Waals surface area contributed by atoms with Gasteiger partial charge >= 0.3 is 0 Å². The average molecular weight is 342 g/mol. The van der Waals surface area contributed by atoms with Crippen LogP contribution >= 0.6 is 0 Å². The number of ether oxygens (including phenoxy) is 5. The van der Waals surface area contributed by atoms with E-state index >= 15 is 0 Å². The Balaban J connectivity index is 0.00000288. The van der Waals surface area contributed by atoms with Crippen LogP contribution in [0.1, 0.15) is 24.8 Å². The summed E-state index contributed by atoms with van der Waals surface area (Å²) in [4.78, 5) is 0. The van der Waals surface area contributed by atoms with Gasteiger partial charge in [-0.3, -0.25) is 0 Å². The lowest BCUT2D eigenvalue weighted by atomic mass is 10.2. The second-order valence-electron chi connectivity index (χ2n) is 5.54. The van der Waals surface area contributed by atoms with Crippen LogP contribution in [0.3, 0.4) is 0 Å². The van der Waals surface area contributed by atoms with Gasteiger partial charge in [0.15, 0.2) is 11.5 Å². The van der Waals surface area contributed by atoms with Gasteiger partial charge in [0, 0.05) is 13.2 Å². The first-order valence-electron chi connectivity index (χ1n) is 8.46.